The van der Waals surface area contributed by atoms with Crippen molar-refractivity contribution >= 4 is 0 Å². The Morgan fingerprint density at radius 1 is 0.750 bits per heavy atom. The van der Waals surface area contributed by atoms with Gasteiger partial charge in [0.15, 0.2) is 0 Å². The first-order valence-electron chi connectivity index (χ1n) is 9.42. The van der Waals surface area contributed by atoms with E-state index in [1.54, 1.807) is 12.1 Å². The van der Waals surface area contributed by atoms with Gasteiger partial charge in [0, 0.05) is 5.41 Å². The molecule has 0 spiro atoms. The molecule has 0 unspecified atom stereocenters. The lowest BCUT2D eigenvalue weighted by atomic mass is 9.67. The van der Waals surface area contributed by atoms with Crippen LogP contribution in [0.1, 0.15) is 34.7 Å². The SMILES string of the molecule is C=CCc1cc(O)ccc1C(C)(c1ccccc1)c1ccc(O)cc1CC=C. The fourth-order valence-corrected chi connectivity index (χ4v) is 4.01. The standard InChI is InChI=1S/C26H26O2/c1-4-9-19-17-22(27)13-15-24(19)26(3,21-11-7-6-8-12-21)25-16-14-23(28)18-20(25)10-5-2/h4-8,11-18,27-28H,1-2,9-10H2,3H3. The van der Waals surface area contributed by atoms with Gasteiger partial charge in [-0.2, -0.15) is 0 Å². The van der Waals surface area contributed by atoms with E-state index in [1.165, 1.54) is 0 Å². The second kappa shape index (κ2) is 8.18. The van der Waals surface area contributed by atoms with Crippen molar-refractivity contribution in [1.29, 1.82) is 0 Å². The predicted molar refractivity (Wildman–Crippen MR) is 116 cm³/mol. The number of benzene rings is 3. The molecule has 3 aromatic carbocycles. The van der Waals surface area contributed by atoms with E-state index in [2.05, 4.69) is 32.2 Å². The third-order valence-electron chi connectivity index (χ3n) is 5.33. The van der Waals surface area contributed by atoms with E-state index >= 15 is 0 Å². The monoisotopic (exact) mass is 370 g/mol. The van der Waals surface area contributed by atoms with Crippen molar-refractivity contribution < 1.29 is 10.2 Å². The Bertz CT molecular complexity index is 927. The Labute approximate surface area is 167 Å². The summed E-state index contributed by atoms with van der Waals surface area (Å²) in [5.74, 6) is 0.487. The molecule has 0 amide bonds. The van der Waals surface area contributed by atoms with Gasteiger partial charge in [-0.15, -0.1) is 13.2 Å². The summed E-state index contributed by atoms with van der Waals surface area (Å²) in [5, 5.41) is 20.1. The number of allylic oxidation sites excluding steroid dienone is 2. The van der Waals surface area contributed by atoms with Crippen LogP contribution in [0.5, 0.6) is 11.5 Å². The summed E-state index contributed by atoms with van der Waals surface area (Å²) >= 11 is 0. The first kappa shape index (κ1) is 19.5. The largest absolute Gasteiger partial charge is 0.508 e. The third-order valence-corrected chi connectivity index (χ3v) is 5.33. The number of hydrogen-bond donors (Lipinski definition) is 2. The third kappa shape index (κ3) is 3.59. The van der Waals surface area contributed by atoms with Crippen LogP contribution >= 0.6 is 0 Å². The molecule has 0 aliphatic rings. The smallest absolute Gasteiger partial charge is 0.115 e. The van der Waals surface area contributed by atoms with Crippen LogP contribution < -0.4 is 0 Å². The maximum absolute atomic E-state index is 10.1. The highest BCUT2D eigenvalue weighted by molar-refractivity contribution is 5.57. The molecule has 28 heavy (non-hydrogen) atoms. The minimum Gasteiger partial charge on any atom is -0.508 e. The highest BCUT2D eigenvalue weighted by Gasteiger charge is 2.34. The molecule has 142 valence electrons. The molecule has 3 aromatic rings. The topological polar surface area (TPSA) is 40.5 Å². The number of rotatable bonds is 7. The summed E-state index contributed by atoms with van der Waals surface area (Å²) < 4.78 is 0. The summed E-state index contributed by atoms with van der Waals surface area (Å²) in [7, 11) is 0. The molecular formula is C26H26O2. The van der Waals surface area contributed by atoms with Crippen LogP contribution in [0, 0.1) is 0 Å². The predicted octanol–water partition coefficient (Wildman–Crippen LogP) is 5.91. The minimum absolute atomic E-state index is 0.244. The lowest BCUT2D eigenvalue weighted by Crippen LogP contribution is -2.28. The lowest BCUT2D eigenvalue weighted by Gasteiger charge is -2.35. The van der Waals surface area contributed by atoms with Gasteiger partial charge in [0.2, 0.25) is 0 Å². The molecule has 2 N–H and O–H groups in total. The molecule has 0 aliphatic heterocycles. The van der Waals surface area contributed by atoms with Crippen LogP contribution in [-0.2, 0) is 18.3 Å². The van der Waals surface area contributed by atoms with Gasteiger partial charge < -0.3 is 10.2 Å². The first-order chi connectivity index (χ1) is 13.5. The quantitative estimate of drug-likeness (QED) is 0.401. The number of aromatic hydroxyl groups is 2. The zero-order valence-electron chi connectivity index (χ0n) is 16.2. The number of phenolic OH excluding ortho intramolecular Hbond substituents is 2. The molecule has 0 saturated carbocycles. The molecule has 0 bridgehead atoms. The van der Waals surface area contributed by atoms with Gasteiger partial charge >= 0.3 is 0 Å². The zero-order valence-corrected chi connectivity index (χ0v) is 16.2. The summed E-state index contributed by atoms with van der Waals surface area (Å²) in [4.78, 5) is 0. The van der Waals surface area contributed by atoms with Gasteiger partial charge in [-0.1, -0.05) is 54.6 Å². The second-order valence-electron chi connectivity index (χ2n) is 7.16. The first-order valence-corrected chi connectivity index (χ1v) is 9.42. The van der Waals surface area contributed by atoms with E-state index in [0.717, 1.165) is 27.8 Å². The van der Waals surface area contributed by atoms with Crippen molar-refractivity contribution in [2.45, 2.75) is 25.2 Å². The Hall–Kier alpha value is -3.26. The van der Waals surface area contributed by atoms with Gasteiger partial charge in [0.25, 0.3) is 0 Å². The van der Waals surface area contributed by atoms with Gasteiger partial charge in [-0.3, -0.25) is 0 Å². The summed E-state index contributed by atoms with van der Waals surface area (Å²) in [5.41, 5.74) is 4.93. The zero-order chi connectivity index (χ0) is 20.1. The molecule has 2 nitrogen and oxygen atoms in total. The maximum Gasteiger partial charge on any atom is 0.115 e. The highest BCUT2D eigenvalue weighted by Crippen LogP contribution is 2.43. The molecule has 0 heterocycles. The molecule has 0 radical (unpaired) electrons. The number of phenols is 2. The average Bonchev–Trinajstić information content (AvgIpc) is 2.69. The maximum atomic E-state index is 10.1. The van der Waals surface area contributed by atoms with E-state index in [-0.39, 0.29) is 11.5 Å². The second-order valence-corrected chi connectivity index (χ2v) is 7.16. The van der Waals surface area contributed by atoms with Crippen LogP contribution in [-0.4, -0.2) is 10.2 Å². The fourth-order valence-electron chi connectivity index (χ4n) is 4.01. The van der Waals surface area contributed by atoms with Crippen molar-refractivity contribution in [2.75, 3.05) is 0 Å². The van der Waals surface area contributed by atoms with E-state index in [9.17, 15) is 10.2 Å². The van der Waals surface area contributed by atoms with Crippen LogP contribution in [0.4, 0.5) is 0 Å². The van der Waals surface area contributed by atoms with E-state index in [0.29, 0.717) is 12.8 Å². The van der Waals surface area contributed by atoms with Gasteiger partial charge in [-0.25, -0.2) is 0 Å². The van der Waals surface area contributed by atoms with Crippen LogP contribution in [0.15, 0.2) is 92.0 Å². The van der Waals surface area contributed by atoms with Crippen molar-refractivity contribution in [2.24, 2.45) is 0 Å². The van der Waals surface area contributed by atoms with Gasteiger partial charge in [0.1, 0.15) is 11.5 Å². The summed E-state index contributed by atoms with van der Waals surface area (Å²) in [6.45, 7) is 9.96. The molecule has 0 aliphatic carbocycles. The Morgan fingerprint density at radius 3 is 1.64 bits per heavy atom. The summed E-state index contributed by atoms with van der Waals surface area (Å²) in [6, 6.07) is 21.4. The lowest BCUT2D eigenvalue weighted by molar-refractivity contribution is 0.473. The molecule has 0 fully saturated rings. The van der Waals surface area contributed by atoms with Crippen LogP contribution in [0.2, 0.25) is 0 Å². The van der Waals surface area contributed by atoms with E-state index < -0.39 is 5.41 Å². The average molecular weight is 370 g/mol. The fraction of sp³-hybridized carbons (Fsp3) is 0.154. The normalized spacial score (nSPS) is 11.2. The van der Waals surface area contributed by atoms with E-state index in [4.69, 9.17) is 0 Å². The molecule has 0 atom stereocenters. The van der Waals surface area contributed by atoms with Crippen molar-refractivity contribution in [1.82, 2.24) is 0 Å². The van der Waals surface area contributed by atoms with Crippen molar-refractivity contribution in [3.05, 3.63) is 120 Å². The van der Waals surface area contributed by atoms with E-state index in [1.807, 2.05) is 54.6 Å². The van der Waals surface area contributed by atoms with Gasteiger partial charge in [-0.05, 0) is 71.8 Å². The Kier molecular flexibility index (Phi) is 5.70. The van der Waals surface area contributed by atoms with Crippen LogP contribution in [0.25, 0.3) is 0 Å². The molecule has 0 aromatic heterocycles. The highest BCUT2D eigenvalue weighted by atomic mass is 16.3. The Morgan fingerprint density at radius 2 is 1.21 bits per heavy atom. The van der Waals surface area contributed by atoms with Crippen molar-refractivity contribution in [3.8, 4) is 11.5 Å². The Balaban J connectivity index is 2.37. The molecule has 0 saturated heterocycles. The molecule has 3 rings (SSSR count). The number of hydrogen-bond acceptors (Lipinski definition) is 2. The minimum atomic E-state index is -0.473. The van der Waals surface area contributed by atoms with Crippen molar-refractivity contribution in [3.63, 3.8) is 0 Å². The summed E-state index contributed by atoms with van der Waals surface area (Å²) in [6.07, 6.45) is 5.01. The molecule has 2 heteroatoms. The molecular weight excluding hydrogens is 344 g/mol. The van der Waals surface area contributed by atoms with Gasteiger partial charge in [0.05, 0.1) is 0 Å². The van der Waals surface area contributed by atoms with Crippen LogP contribution in [0.3, 0.4) is 0 Å².